The Morgan fingerprint density at radius 3 is 2.63 bits per heavy atom. The lowest BCUT2D eigenvalue weighted by Gasteiger charge is -2.14. The molecule has 27 heavy (non-hydrogen) atoms. The van der Waals surface area contributed by atoms with E-state index in [-0.39, 0.29) is 22.8 Å². The highest BCUT2D eigenvalue weighted by Gasteiger charge is 2.34. The molecule has 1 aromatic carbocycles. The Labute approximate surface area is 149 Å². The van der Waals surface area contributed by atoms with E-state index in [0.717, 1.165) is 16.8 Å². The van der Waals surface area contributed by atoms with Gasteiger partial charge >= 0.3 is 12.1 Å². The number of carboxylic acid groups (broad SMARTS) is 1. The largest absolute Gasteiger partial charge is 0.478 e. The van der Waals surface area contributed by atoms with Gasteiger partial charge in [0.1, 0.15) is 12.4 Å². The first kappa shape index (κ1) is 18.4. The van der Waals surface area contributed by atoms with E-state index in [0.29, 0.717) is 6.07 Å². The number of ether oxygens (including phenoxy) is 1. The van der Waals surface area contributed by atoms with Gasteiger partial charge in [-0.05, 0) is 24.3 Å². The fourth-order valence-electron chi connectivity index (χ4n) is 2.33. The molecule has 2 aromatic heterocycles. The second-order valence-corrected chi connectivity index (χ2v) is 5.38. The number of halogens is 4. The standard InChI is InChI=1S/C17H11F4N3O3/c18-12-2-1-11(13(8-12)17(19,20)21)9-27-15-4-6-23-24(15)14-7-10(16(25)26)3-5-22-14/h1-8H,9H2,(H,25,26). The normalized spacial score (nSPS) is 11.4. The van der Waals surface area contributed by atoms with Crippen LogP contribution >= 0.6 is 0 Å². The molecule has 0 fully saturated rings. The lowest BCUT2D eigenvalue weighted by molar-refractivity contribution is -0.138. The summed E-state index contributed by atoms with van der Waals surface area (Å²) in [4.78, 5) is 15.0. The zero-order chi connectivity index (χ0) is 19.6. The van der Waals surface area contributed by atoms with Crippen LogP contribution in [-0.2, 0) is 12.8 Å². The first-order valence-electron chi connectivity index (χ1n) is 7.48. The Kier molecular flexibility index (Phi) is 4.80. The topological polar surface area (TPSA) is 77.2 Å². The molecule has 0 aliphatic carbocycles. The minimum Gasteiger partial charge on any atom is -0.478 e. The summed E-state index contributed by atoms with van der Waals surface area (Å²) in [6, 6.07) is 6.19. The molecule has 3 aromatic rings. The second-order valence-electron chi connectivity index (χ2n) is 5.38. The molecule has 0 atom stereocenters. The number of hydrogen-bond donors (Lipinski definition) is 1. The third-order valence-corrected chi connectivity index (χ3v) is 3.57. The van der Waals surface area contributed by atoms with Gasteiger partial charge in [0.15, 0.2) is 5.82 Å². The Morgan fingerprint density at radius 1 is 1.15 bits per heavy atom. The lowest BCUT2D eigenvalue weighted by atomic mass is 10.1. The Bertz CT molecular complexity index is 986. The summed E-state index contributed by atoms with van der Waals surface area (Å²) in [5.74, 6) is -2.02. The zero-order valence-electron chi connectivity index (χ0n) is 13.4. The van der Waals surface area contributed by atoms with Crippen LogP contribution < -0.4 is 4.74 Å². The minimum absolute atomic E-state index is 0.0423. The summed E-state index contributed by atoms with van der Waals surface area (Å²) in [6.45, 7) is -0.501. The number of carbonyl (C=O) groups is 1. The summed E-state index contributed by atoms with van der Waals surface area (Å²) >= 11 is 0. The Morgan fingerprint density at radius 2 is 1.93 bits per heavy atom. The molecule has 0 amide bonds. The third-order valence-electron chi connectivity index (χ3n) is 3.57. The van der Waals surface area contributed by atoms with Crippen molar-refractivity contribution in [2.24, 2.45) is 0 Å². The molecule has 0 aliphatic rings. The predicted octanol–water partition coefficient (Wildman–Crippen LogP) is 3.70. The van der Waals surface area contributed by atoms with Gasteiger partial charge in [-0.15, -0.1) is 0 Å². The molecule has 0 radical (unpaired) electrons. The highest BCUT2D eigenvalue weighted by molar-refractivity contribution is 5.87. The van der Waals surface area contributed by atoms with Crippen molar-refractivity contribution in [2.45, 2.75) is 12.8 Å². The van der Waals surface area contributed by atoms with Gasteiger partial charge < -0.3 is 9.84 Å². The van der Waals surface area contributed by atoms with Crippen LogP contribution in [0.2, 0.25) is 0 Å². The van der Waals surface area contributed by atoms with E-state index in [9.17, 15) is 22.4 Å². The van der Waals surface area contributed by atoms with E-state index >= 15 is 0 Å². The Balaban J connectivity index is 1.87. The lowest BCUT2D eigenvalue weighted by Crippen LogP contribution is -2.12. The number of alkyl halides is 3. The number of benzene rings is 1. The van der Waals surface area contributed by atoms with Crippen molar-refractivity contribution in [1.29, 1.82) is 0 Å². The fourth-order valence-corrected chi connectivity index (χ4v) is 2.33. The van der Waals surface area contributed by atoms with Crippen LogP contribution in [0.3, 0.4) is 0 Å². The van der Waals surface area contributed by atoms with Crippen molar-refractivity contribution in [3.05, 3.63) is 71.3 Å². The summed E-state index contributed by atoms with van der Waals surface area (Å²) in [5, 5.41) is 13.0. The molecule has 0 unspecified atom stereocenters. The maximum absolute atomic E-state index is 13.2. The van der Waals surface area contributed by atoms with Crippen LogP contribution in [0, 0.1) is 5.82 Å². The van der Waals surface area contributed by atoms with Crippen molar-refractivity contribution in [2.75, 3.05) is 0 Å². The quantitative estimate of drug-likeness (QED) is 0.682. The number of pyridine rings is 1. The zero-order valence-corrected chi connectivity index (χ0v) is 13.4. The summed E-state index contributed by atoms with van der Waals surface area (Å²) in [5.41, 5.74) is -1.44. The number of aromatic nitrogens is 3. The van der Waals surface area contributed by atoms with Gasteiger partial charge in [-0.3, -0.25) is 0 Å². The highest BCUT2D eigenvalue weighted by Crippen LogP contribution is 2.33. The van der Waals surface area contributed by atoms with Gasteiger partial charge in [-0.2, -0.15) is 23.0 Å². The van der Waals surface area contributed by atoms with Crippen molar-refractivity contribution < 1.29 is 32.2 Å². The van der Waals surface area contributed by atoms with Gasteiger partial charge in [-0.1, -0.05) is 6.07 Å². The molecular weight excluding hydrogens is 370 g/mol. The molecule has 0 bridgehead atoms. The third kappa shape index (κ3) is 4.05. The first-order valence-corrected chi connectivity index (χ1v) is 7.48. The van der Waals surface area contributed by atoms with Crippen LogP contribution in [0.25, 0.3) is 5.82 Å². The smallest absolute Gasteiger partial charge is 0.416 e. The number of carboxylic acids is 1. The average Bonchev–Trinajstić information content (AvgIpc) is 3.08. The molecule has 0 saturated carbocycles. The van der Waals surface area contributed by atoms with Crippen molar-refractivity contribution in [3.8, 4) is 11.7 Å². The summed E-state index contributed by atoms with van der Waals surface area (Å²) < 4.78 is 58.9. The van der Waals surface area contributed by atoms with Crippen molar-refractivity contribution in [1.82, 2.24) is 14.8 Å². The van der Waals surface area contributed by atoms with Gasteiger partial charge in [0.05, 0.1) is 17.3 Å². The molecule has 0 spiro atoms. The monoisotopic (exact) mass is 381 g/mol. The van der Waals surface area contributed by atoms with Gasteiger partial charge in [-0.25, -0.2) is 14.2 Å². The van der Waals surface area contributed by atoms with Crippen LogP contribution in [0.1, 0.15) is 21.5 Å². The van der Waals surface area contributed by atoms with Gasteiger partial charge in [0.25, 0.3) is 0 Å². The summed E-state index contributed by atoms with van der Waals surface area (Å²) in [7, 11) is 0. The number of nitrogens with zero attached hydrogens (tertiary/aromatic N) is 3. The Hall–Kier alpha value is -3.43. The molecule has 140 valence electrons. The van der Waals surface area contributed by atoms with E-state index in [2.05, 4.69) is 10.1 Å². The average molecular weight is 381 g/mol. The molecule has 3 rings (SSSR count). The number of rotatable bonds is 5. The fraction of sp³-hybridized carbons (Fsp3) is 0.118. The molecule has 6 nitrogen and oxygen atoms in total. The summed E-state index contributed by atoms with van der Waals surface area (Å²) in [6.07, 6.45) is -2.16. The molecule has 1 N–H and O–H groups in total. The van der Waals surface area contributed by atoms with Gasteiger partial charge in [0, 0.05) is 17.8 Å². The van der Waals surface area contributed by atoms with E-state index in [1.807, 2.05) is 0 Å². The van der Waals surface area contributed by atoms with E-state index in [1.165, 1.54) is 30.6 Å². The first-order chi connectivity index (χ1) is 12.8. The van der Waals surface area contributed by atoms with Crippen LogP contribution in [0.5, 0.6) is 5.88 Å². The maximum Gasteiger partial charge on any atom is 0.416 e. The maximum atomic E-state index is 13.2. The van der Waals surface area contributed by atoms with Crippen molar-refractivity contribution in [3.63, 3.8) is 0 Å². The van der Waals surface area contributed by atoms with E-state index in [1.54, 1.807) is 0 Å². The molecular formula is C17H11F4N3O3. The molecule has 0 aliphatic heterocycles. The van der Waals surface area contributed by atoms with Gasteiger partial charge in [0.2, 0.25) is 5.88 Å². The molecule has 2 heterocycles. The predicted molar refractivity (Wildman–Crippen MR) is 84.1 cm³/mol. The minimum atomic E-state index is -4.74. The molecule has 0 saturated heterocycles. The highest BCUT2D eigenvalue weighted by atomic mass is 19.4. The SMILES string of the molecule is O=C(O)c1ccnc(-n2nccc2OCc2ccc(F)cc2C(F)(F)F)c1. The molecule has 10 heteroatoms. The van der Waals surface area contributed by atoms with E-state index in [4.69, 9.17) is 9.84 Å². The number of hydrogen-bond acceptors (Lipinski definition) is 4. The van der Waals surface area contributed by atoms with E-state index < -0.39 is 30.1 Å². The van der Waals surface area contributed by atoms with Crippen LogP contribution in [0.4, 0.5) is 17.6 Å². The second kappa shape index (κ2) is 7.06. The van der Waals surface area contributed by atoms with Crippen molar-refractivity contribution >= 4 is 5.97 Å². The van der Waals surface area contributed by atoms with Crippen LogP contribution in [0.15, 0.2) is 48.8 Å². The number of aromatic carboxylic acids is 1. The van der Waals surface area contributed by atoms with Crippen LogP contribution in [-0.4, -0.2) is 25.8 Å².